The maximum atomic E-state index is 9.40. The number of methoxy groups -OCH3 is 1. The number of ether oxygens (including phenoxy) is 3. The van der Waals surface area contributed by atoms with Crippen LogP contribution in [0.5, 0.6) is 5.75 Å². The molecule has 190 valence electrons. The van der Waals surface area contributed by atoms with Crippen LogP contribution in [-0.2, 0) is 27.2 Å². The Hall–Kier alpha value is -3.33. The third-order valence-corrected chi connectivity index (χ3v) is 6.41. The molecule has 2 aromatic carbocycles. The van der Waals surface area contributed by atoms with E-state index in [0.29, 0.717) is 26.3 Å². The Morgan fingerprint density at radius 1 is 1.17 bits per heavy atom. The fourth-order valence-corrected chi connectivity index (χ4v) is 4.59. The van der Waals surface area contributed by atoms with E-state index in [4.69, 9.17) is 16.3 Å². The predicted molar refractivity (Wildman–Crippen MR) is 140 cm³/mol. The second kappa shape index (κ2) is 12.6. The van der Waals surface area contributed by atoms with Crippen LogP contribution < -0.4 is 4.74 Å². The third kappa shape index (κ3) is 6.26. The van der Waals surface area contributed by atoms with Crippen LogP contribution in [-0.4, -0.2) is 66.4 Å². The monoisotopic (exact) mass is 510 g/mol. The van der Waals surface area contributed by atoms with E-state index in [-0.39, 0.29) is 6.04 Å². The number of benzene rings is 2. The first-order valence-corrected chi connectivity index (χ1v) is 12.2. The lowest BCUT2D eigenvalue weighted by Crippen LogP contribution is -2.32. The molecule has 9 heteroatoms. The lowest BCUT2D eigenvalue weighted by Gasteiger charge is -2.33. The molecule has 8 nitrogen and oxygen atoms in total. The van der Waals surface area contributed by atoms with E-state index in [9.17, 15) is 4.79 Å². The largest absolute Gasteiger partial charge is 0.492 e. The van der Waals surface area contributed by atoms with E-state index in [0.717, 1.165) is 35.8 Å². The molecular weight excluding hydrogens is 480 g/mol. The Morgan fingerprint density at radius 2 is 2.00 bits per heavy atom. The van der Waals surface area contributed by atoms with Gasteiger partial charge < -0.3 is 23.8 Å². The normalized spacial score (nSPS) is 15.1. The number of aromatic nitrogens is 3. The van der Waals surface area contributed by atoms with Gasteiger partial charge in [0, 0.05) is 47.7 Å². The number of H-pyrrole nitrogens is 1. The highest BCUT2D eigenvalue weighted by atomic mass is 35.5. The summed E-state index contributed by atoms with van der Waals surface area (Å²) in [4.78, 5) is 19.5. The number of nitrogens with one attached hydrogen (secondary N) is 1. The Balaban J connectivity index is 0.000000384. The number of carbonyl (C=O) groups excluding carboxylic acids is 1. The van der Waals surface area contributed by atoms with Crippen molar-refractivity contribution < 1.29 is 19.0 Å². The van der Waals surface area contributed by atoms with Gasteiger partial charge in [0.1, 0.15) is 19.0 Å². The van der Waals surface area contributed by atoms with Crippen LogP contribution in [0.3, 0.4) is 0 Å². The second-order valence-electron chi connectivity index (χ2n) is 8.52. The van der Waals surface area contributed by atoms with Crippen molar-refractivity contribution in [1.82, 2.24) is 19.4 Å². The zero-order valence-corrected chi connectivity index (χ0v) is 21.3. The van der Waals surface area contributed by atoms with Gasteiger partial charge in [-0.15, -0.1) is 0 Å². The van der Waals surface area contributed by atoms with Crippen LogP contribution in [0.1, 0.15) is 22.9 Å². The molecule has 0 aliphatic carbocycles. The lowest BCUT2D eigenvalue weighted by molar-refractivity contribution is -0.129. The van der Waals surface area contributed by atoms with Crippen molar-refractivity contribution >= 4 is 29.0 Å². The van der Waals surface area contributed by atoms with E-state index in [1.165, 1.54) is 22.2 Å². The molecule has 0 amide bonds. The smallest absolute Gasteiger partial charge is 0.293 e. The Bertz CT molecular complexity index is 1240. The van der Waals surface area contributed by atoms with E-state index in [1.54, 1.807) is 19.6 Å². The number of carbonyl (C=O) groups is 1. The maximum Gasteiger partial charge on any atom is 0.293 e. The van der Waals surface area contributed by atoms with Gasteiger partial charge in [-0.05, 0) is 54.9 Å². The molecule has 4 aromatic rings. The minimum absolute atomic E-state index is 0.199. The van der Waals surface area contributed by atoms with Crippen LogP contribution in [0.2, 0.25) is 5.02 Å². The van der Waals surface area contributed by atoms with Crippen LogP contribution in [0, 0.1) is 0 Å². The molecule has 0 bridgehead atoms. The van der Waals surface area contributed by atoms with Crippen LogP contribution in [0.25, 0.3) is 10.9 Å². The molecule has 36 heavy (non-hydrogen) atoms. The van der Waals surface area contributed by atoms with Gasteiger partial charge in [-0.2, -0.15) is 0 Å². The molecule has 1 atom stereocenters. The number of nitrogens with zero attached hydrogens (tertiary/aromatic N) is 3. The number of fused-ring (bicyclic) bond motifs is 3. The highest BCUT2D eigenvalue weighted by molar-refractivity contribution is 6.31. The van der Waals surface area contributed by atoms with Gasteiger partial charge in [-0.3, -0.25) is 9.69 Å². The zero-order valence-electron chi connectivity index (χ0n) is 20.5. The number of hydrogen-bond acceptors (Lipinski definition) is 6. The summed E-state index contributed by atoms with van der Waals surface area (Å²) < 4.78 is 16.7. The number of hydrogen-bond donors (Lipinski definition) is 1. The Kier molecular flexibility index (Phi) is 9.00. The fraction of sp³-hybridized carbons (Fsp3) is 0.333. The molecule has 1 N–H and O–H groups in total. The molecule has 2 aromatic heterocycles. The summed E-state index contributed by atoms with van der Waals surface area (Å²) in [5.41, 5.74) is 5.06. The van der Waals surface area contributed by atoms with Crippen molar-refractivity contribution in [3.05, 3.63) is 83.0 Å². The van der Waals surface area contributed by atoms with Gasteiger partial charge in [0.15, 0.2) is 0 Å². The molecule has 3 heterocycles. The number of likely N-dealkylation sites (N-methyl/N-ethyl adjacent to an activating group) is 1. The number of halogens is 1. The van der Waals surface area contributed by atoms with Crippen molar-refractivity contribution in [2.45, 2.75) is 19.0 Å². The minimum atomic E-state index is 0.199. The molecule has 0 fully saturated rings. The highest BCUT2D eigenvalue weighted by Crippen LogP contribution is 2.38. The topological polar surface area (TPSA) is 81.6 Å². The summed E-state index contributed by atoms with van der Waals surface area (Å²) in [6, 6.07) is 14.7. The number of rotatable bonds is 9. The van der Waals surface area contributed by atoms with Crippen molar-refractivity contribution in [3.63, 3.8) is 0 Å². The molecule has 5 rings (SSSR count). The van der Waals surface area contributed by atoms with Gasteiger partial charge in [-0.1, -0.05) is 23.7 Å². The average Bonchev–Trinajstić information content (AvgIpc) is 3.53. The molecule has 1 aliphatic rings. The molecule has 0 saturated heterocycles. The first kappa shape index (κ1) is 25.8. The third-order valence-electron chi connectivity index (χ3n) is 6.18. The van der Waals surface area contributed by atoms with Gasteiger partial charge in [0.2, 0.25) is 0 Å². The SMILES string of the molecule is CN1CCc2c([nH]c3ccc(Cl)cc23)C1c1ccc(OCCn2ccnc2)cc1.COCCOC=O. The number of aromatic amines is 1. The van der Waals surface area contributed by atoms with E-state index >= 15 is 0 Å². The molecule has 0 saturated carbocycles. The second-order valence-corrected chi connectivity index (χ2v) is 8.95. The summed E-state index contributed by atoms with van der Waals surface area (Å²) in [5, 5.41) is 2.03. The van der Waals surface area contributed by atoms with Crippen molar-refractivity contribution in [1.29, 1.82) is 0 Å². The standard InChI is InChI=1S/C23H23ClN4O.C4H8O3/c1-27-10-8-19-20-14-17(24)4-7-21(20)26-22(19)23(27)16-2-5-18(6-3-16)29-13-12-28-11-9-25-15-28;1-6-2-3-7-4-5/h2-7,9,11,14-15,23,26H,8,10,12-13H2,1H3;4H,2-3H2,1H3. The minimum Gasteiger partial charge on any atom is -0.492 e. The fourth-order valence-electron chi connectivity index (χ4n) is 4.42. The summed E-state index contributed by atoms with van der Waals surface area (Å²) in [5.74, 6) is 0.885. The van der Waals surface area contributed by atoms with Crippen molar-refractivity contribution in [2.75, 3.05) is 40.5 Å². The Labute approximate surface area is 215 Å². The van der Waals surface area contributed by atoms with Crippen LogP contribution in [0.4, 0.5) is 0 Å². The molecular formula is C27H31ClN4O4. The number of imidazole rings is 1. The van der Waals surface area contributed by atoms with E-state index < -0.39 is 0 Å². The quantitative estimate of drug-likeness (QED) is 0.264. The molecule has 1 aliphatic heterocycles. The maximum absolute atomic E-state index is 9.40. The van der Waals surface area contributed by atoms with Gasteiger partial charge in [0.05, 0.1) is 25.5 Å². The average molecular weight is 511 g/mol. The predicted octanol–water partition coefficient (Wildman–Crippen LogP) is 4.48. The first-order chi connectivity index (χ1) is 17.6. The summed E-state index contributed by atoms with van der Waals surface area (Å²) in [6.07, 6.45) is 6.55. The molecule has 0 spiro atoms. The van der Waals surface area contributed by atoms with E-state index in [1.807, 2.05) is 16.8 Å². The molecule has 0 radical (unpaired) electrons. The molecule has 1 unspecified atom stereocenters. The van der Waals surface area contributed by atoms with E-state index in [2.05, 4.69) is 67.8 Å². The van der Waals surface area contributed by atoms with Crippen LogP contribution >= 0.6 is 11.6 Å². The van der Waals surface area contributed by atoms with Crippen LogP contribution in [0.15, 0.2) is 61.2 Å². The van der Waals surface area contributed by atoms with Crippen molar-refractivity contribution in [3.8, 4) is 5.75 Å². The lowest BCUT2D eigenvalue weighted by atomic mass is 9.93. The summed E-state index contributed by atoms with van der Waals surface area (Å²) in [7, 11) is 3.73. The Morgan fingerprint density at radius 3 is 2.72 bits per heavy atom. The summed E-state index contributed by atoms with van der Waals surface area (Å²) >= 11 is 6.25. The van der Waals surface area contributed by atoms with Gasteiger partial charge in [-0.25, -0.2) is 4.98 Å². The summed E-state index contributed by atoms with van der Waals surface area (Å²) in [6.45, 7) is 3.64. The zero-order chi connectivity index (χ0) is 25.3. The van der Waals surface area contributed by atoms with Gasteiger partial charge in [0.25, 0.3) is 6.47 Å². The van der Waals surface area contributed by atoms with Gasteiger partial charge >= 0.3 is 0 Å². The highest BCUT2D eigenvalue weighted by Gasteiger charge is 2.29. The van der Waals surface area contributed by atoms with Crippen molar-refractivity contribution in [2.24, 2.45) is 0 Å². The first-order valence-electron chi connectivity index (χ1n) is 11.8.